The van der Waals surface area contributed by atoms with E-state index in [2.05, 4.69) is 20.2 Å². The number of alkyl halides is 1. The van der Waals surface area contributed by atoms with Gasteiger partial charge < -0.3 is 0 Å². The number of rotatable bonds is 8. The van der Waals surface area contributed by atoms with Crippen LogP contribution in [0.5, 0.6) is 5.75 Å². The Balaban J connectivity index is 0.00000243. The van der Waals surface area contributed by atoms with Crippen LogP contribution in [0.15, 0.2) is 30.6 Å². The van der Waals surface area contributed by atoms with Crippen LogP contribution in [0.4, 0.5) is 0 Å². The molecule has 3 rings (SSSR count). The quantitative estimate of drug-likeness (QED) is 0.298. The zero-order valence-electron chi connectivity index (χ0n) is 13.6. The Kier molecular flexibility index (Phi) is 7.69. The van der Waals surface area contributed by atoms with E-state index in [9.17, 15) is 4.79 Å². The Labute approximate surface area is 167 Å². The zero-order valence-corrected chi connectivity index (χ0v) is 17.0. The van der Waals surface area contributed by atoms with Crippen molar-refractivity contribution in [3.8, 4) is 5.75 Å². The van der Waals surface area contributed by atoms with Crippen LogP contribution in [0, 0.1) is 0 Å². The number of H-pyrrole nitrogens is 1. The summed E-state index contributed by atoms with van der Waals surface area (Å²) in [4.78, 5) is 19.4. The molecule has 2 N–H and O–H groups in total. The van der Waals surface area contributed by atoms with E-state index in [1.165, 1.54) is 6.33 Å². The number of carboxylic acid groups (broad SMARTS) is 1. The summed E-state index contributed by atoms with van der Waals surface area (Å²) in [5.41, 5.74) is 1.40. The molecule has 2 aromatic heterocycles. The Morgan fingerprint density at radius 2 is 2.15 bits per heavy atom. The second-order valence-electron chi connectivity index (χ2n) is 5.20. The molecule has 0 saturated carbocycles. The van der Waals surface area contributed by atoms with Crippen LogP contribution in [-0.2, 0) is 11.2 Å². The van der Waals surface area contributed by atoms with Crippen molar-refractivity contribution in [3.05, 3.63) is 36.3 Å². The number of nitrogens with one attached hydrogen (secondary N) is 1. The van der Waals surface area contributed by atoms with E-state index in [0.717, 1.165) is 32.0 Å². The van der Waals surface area contributed by atoms with Gasteiger partial charge in [-0.05, 0) is 0 Å². The van der Waals surface area contributed by atoms with Crippen molar-refractivity contribution < 1.29 is 14.6 Å². The predicted molar refractivity (Wildman–Crippen MR) is 103 cm³/mol. The number of aromatic amines is 1. The molecule has 3 aromatic rings. The molecule has 2 heterocycles. The summed E-state index contributed by atoms with van der Waals surface area (Å²) in [6, 6.07) is 7.51. The number of halogens is 2. The number of carboxylic acids is 1. The first-order chi connectivity index (χ1) is 12.2. The number of aliphatic carboxylic acids is 1. The molecule has 0 aliphatic heterocycles. The number of benzene rings is 1. The first-order valence-electron chi connectivity index (χ1n) is 7.57. The number of nitrogens with zero attached hydrogens (tertiary/aromatic N) is 3. The second kappa shape index (κ2) is 9.76. The second-order valence-corrected chi connectivity index (χ2v) is 7.90. The number of fused-ring (bicyclic) bond motifs is 1. The Hall–Kier alpha value is -1.82. The summed E-state index contributed by atoms with van der Waals surface area (Å²) in [5, 5.41) is 16.7. The van der Waals surface area contributed by atoms with Gasteiger partial charge in [-0.15, -0.1) is 12.4 Å². The number of hydrogen-bond acceptors (Lipinski definition) is 5. The van der Waals surface area contributed by atoms with Gasteiger partial charge in [0.2, 0.25) is 0 Å². The number of ether oxygens (including phenoxy) is 1. The summed E-state index contributed by atoms with van der Waals surface area (Å²) < 4.78 is 7.39. The minimum atomic E-state index is -0.888. The van der Waals surface area contributed by atoms with Crippen molar-refractivity contribution in [3.63, 3.8) is 0 Å². The monoisotopic (exact) mass is 457 g/mol. The number of carbonyl (C=O) groups is 1. The van der Waals surface area contributed by atoms with Crippen molar-refractivity contribution in [2.75, 3.05) is 12.5 Å². The van der Waals surface area contributed by atoms with Gasteiger partial charge in [-0.3, -0.25) is 0 Å². The fourth-order valence-corrected chi connectivity index (χ4v) is 4.33. The fourth-order valence-electron chi connectivity index (χ4n) is 2.21. The van der Waals surface area contributed by atoms with Gasteiger partial charge >= 0.3 is 155 Å². The SMILES string of the molecule is Cl.O=C(O)Cc1cc([As]c2ncnc3cc(OCCCCl)ccc23)n[nH]1. The molecule has 1 aromatic carbocycles. The summed E-state index contributed by atoms with van der Waals surface area (Å²) in [5.74, 6) is 0.430. The summed E-state index contributed by atoms with van der Waals surface area (Å²) in [6.07, 6.45) is 2.25. The number of aromatic nitrogens is 4. The molecule has 26 heavy (non-hydrogen) atoms. The van der Waals surface area contributed by atoms with Crippen LogP contribution in [-0.4, -0.2) is 59.5 Å². The molecule has 10 heteroatoms. The third-order valence-electron chi connectivity index (χ3n) is 3.31. The molecule has 1 radical (unpaired) electrons. The standard InChI is InChI=1S/C16H15AsClN4O3.ClH/c18-4-1-5-25-11-2-3-12-13(8-11)19-9-20-16(12)17-14-6-10(21-22-14)7-15(23)24;/h2-3,6,8-9H,1,4-5,7H2,(H,21,22)(H,23,24);1H. The van der Waals surface area contributed by atoms with Crippen LogP contribution in [0.3, 0.4) is 0 Å². The maximum atomic E-state index is 10.8. The fraction of sp³-hybridized carbons (Fsp3) is 0.250. The third kappa shape index (κ3) is 5.34. The first-order valence-corrected chi connectivity index (χ1v) is 9.98. The molecular weight excluding hydrogens is 442 g/mol. The van der Waals surface area contributed by atoms with Gasteiger partial charge in [0.25, 0.3) is 0 Å². The van der Waals surface area contributed by atoms with Gasteiger partial charge in [0.15, 0.2) is 0 Å². The van der Waals surface area contributed by atoms with Crippen molar-refractivity contribution >= 4 is 65.6 Å². The van der Waals surface area contributed by atoms with Gasteiger partial charge in [-0.25, -0.2) is 0 Å². The molecule has 7 nitrogen and oxygen atoms in total. The minimum absolute atomic E-state index is 0. The molecule has 0 fully saturated rings. The Bertz CT molecular complexity index is 891. The van der Waals surface area contributed by atoms with Gasteiger partial charge in [-0.2, -0.15) is 0 Å². The van der Waals surface area contributed by atoms with Crippen LogP contribution >= 0.6 is 24.0 Å². The molecule has 0 spiro atoms. The predicted octanol–water partition coefficient (Wildman–Crippen LogP) is 1.06. The molecule has 0 saturated heterocycles. The number of hydrogen-bond donors (Lipinski definition) is 2. The average Bonchev–Trinajstić information content (AvgIpc) is 3.01. The Morgan fingerprint density at radius 1 is 1.31 bits per heavy atom. The summed E-state index contributed by atoms with van der Waals surface area (Å²) >= 11 is 5.17. The van der Waals surface area contributed by atoms with Crippen molar-refractivity contribution in [2.24, 2.45) is 0 Å². The molecule has 0 atom stereocenters. The molecule has 0 amide bonds. The molecule has 0 aliphatic carbocycles. The summed E-state index contributed by atoms with van der Waals surface area (Å²) in [7, 11) is 0. The van der Waals surface area contributed by atoms with Crippen molar-refractivity contribution in [2.45, 2.75) is 12.8 Å². The normalized spacial score (nSPS) is 11.0. The van der Waals surface area contributed by atoms with E-state index >= 15 is 0 Å². The molecular formula is C16H16AsCl2N4O3. The van der Waals surface area contributed by atoms with E-state index in [0.29, 0.717) is 18.2 Å². The third-order valence-corrected chi connectivity index (χ3v) is 5.73. The molecule has 0 bridgehead atoms. The van der Waals surface area contributed by atoms with Gasteiger partial charge in [-0.1, -0.05) is 0 Å². The zero-order chi connectivity index (χ0) is 17.6. The summed E-state index contributed by atoms with van der Waals surface area (Å²) in [6.45, 7) is 0.568. The van der Waals surface area contributed by atoms with Gasteiger partial charge in [0.1, 0.15) is 0 Å². The van der Waals surface area contributed by atoms with E-state index in [-0.39, 0.29) is 18.8 Å². The average molecular weight is 458 g/mol. The van der Waals surface area contributed by atoms with E-state index in [1.54, 1.807) is 6.07 Å². The maximum absolute atomic E-state index is 10.8. The van der Waals surface area contributed by atoms with Crippen LogP contribution < -0.4 is 13.7 Å². The topological polar surface area (TPSA) is 101 Å². The van der Waals surface area contributed by atoms with E-state index < -0.39 is 21.7 Å². The van der Waals surface area contributed by atoms with Crippen LogP contribution in [0.2, 0.25) is 0 Å². The van der Waals surface area contributed by atoms with Gasteiger partial charge in [0, 0.05) is 0 Å². The van der Waals surface area contributed by atoms with E-state index in [1.807, 2.05) is 18.2 Å². The van der Waals surface area contributed by atoms with Gasteiger partial charge in [0.05, 0.1) is 0 Å². The van der Waals surface area contributed by atoms with Crippen molar-refractivity contribution in [1.82, 2.24) is 20.2 Å². The van der Waals surface area contributed by atoms with Crippen LogP contribution in [0.25, 0.3) is 10.9 Å². The first kappa shape index (κ1) is 20.5. The Morgan fingerprint density at radius 3 is 2.92 bits per heavy atom. The van der Waals surface area contributed by atoms with Crippen LogP contribution in [0.1, 0.15) is 12.1 Å². The molecule has 0 aliphatic rings. The molecule has 137 valence electrons. The van der Waals surface area contributed by atoms with Crippen molar-refractivity contribution in [1.29, 1.82) is 0 Å². The molecule has 0 unspecified atom stereocenters. The van der Waals surface area contributed by atoms with E-state index in [4.69, 9.17) is 21.4 Å².